The number of para-hydroxylation sites is 2. The Labute approximate surface area is 288 Å². The quantitative estimate of drug-likeness (QED) is 0.0795. The molecule has 0 aliphatic carbocycles. The highest BCUT2D eigenvalue weighted by molar-refractivity contribution is 5.41. The SMILES string of the molecule is Cc1c(O)cccc1O.Cc1ccc(O)c(C)c1.Cc1ccc(O)cc1.Cc1ccccc1O.Oc1cccc(O)c1.Oc1ccccc1. The van der Waals surface area contributed by atoms with Crippen molar-refractivity contribution in [3.8, 4) is 46.0 Å². The highest BCUT2D eigenvalue weighted by atomic mass is 16.3. The summed E-state index contributed by atoms with van der Waals surface area (Å²) in [5.41, 5.74) is 4.74. The molecular formula is C41H46O8. The Bertz CT molecular complexity index is 1710. The van der Waals surface area contributed by atoms with Gasteiger partial charge in [0.2, 0.25) is 0 Å². The number of aromatic hydroxyl groups is 8. The molecule has 0 saturated heterocycles. The predicted molar refractivity (Wildman–Crippen MR) is 196 cm³/mol. The molecule has 0 heterocycles. The molecule has 0 atom stereocenters. The molecular weight excluding hydrogens is 620 g/mol. The molecule has 0 bridgehead atoms. The topological polar surface area (TPSA) is 162 Å². The first kappa shape index (κ1) is 40.7. The Morgan fingerprint density at radius 1 is 0.286 bits per heavy atom. The smallest absolute Gasteiger partial charge is 0.122 e. The number of phenols is 8. The van der Waals surface area contributed by atoms with E-state index in [-0.39, 0.29) is 23.0 Å². The molecule has 6 rings (SSSR count). The summed E-state index contributed by atoms with van der Waals surface area (Å²) in [6, 6.07) is 39.1. The second kappa shape index (κ2) is 22.3. The van der Waals surface area contributed by atoms with Gasteiger partial charge in [-0.05, 0) is 106 Å². The van der Waals surface area contributed by atoms with Crippen LogP contribution in [0.15, 0.2) is 140 Å². The second-order valence-corrected chi connectivity index (χ2v) is 10.7. The van der Waals surface area contributed by atoms with E-state index >= 15 is 0 Å². The van der Waals surface area contributed by atoms with Crippen molar-refractivity contribution in [2.24, 2.45) is 0 Å². The van der Waals surface area contributed by atoms with Crippen molar-refractivity contribution < 1.29 is 40.9 Å². The van der Waals surface area contributed by atoms with Gasteiger partial charge in [0.15, 0.2) is 0 Å². The van der Waals surface area contributed by atoms with Crippen LogP contribution in [0.4, 0.5) is 0 Å². The van der Waals surface area contributed by atoms with E-state index in [1.54, 1.807) is 67.6 Å². The summed E-state index contributed by atoms with van der Waals surface area (Å²) in [4.78, 5) is 0. The fraction of sp³-hybridized carbons (Fsp3) is 0.122. The second-order valence-electron chi connectivity index (χ2n) is 10.7. The molecule has 6 aromatic carbocycles. The molecule has 0 unspecified atom stereocenters. The van der Waals surface area contributed by atoms with Crippen molar-refractivity contribution in [1.82, 2.24) is 0 Å². The highest BCUT2D eigenvalue weighted by Gasteiger charge is 1.97. The largest absolute Gasteiger partial charge is 0.508 e. The van der Waals surface area contributed by atoms with E-state index in [9.17, 15) is 0 Å². The zero-order valence-corrected chi connectivity index (χ0v) is 28.4. The summed E-state index contributed by atoms with van der Waals surface area (Å²) in [7, 11) is 0. The maximum Gasteiger partial charge on any atom is 0.122 e. The molecule has 0 aliphatic heterocycles. The third-order valence-electron chi connectivity index (χ3n) is 6.36. The fourth-order valence-electron chi connectivity index (χ4n) is 3.45. The van der Waals surface area contributed by atoms with E-state index in [4.69, 9.17) is 40.9 Å². The maximum absolute atomic E-state index is 9.04. The molecule has 49 heavy (non-hydrogen) atoms. The van der Waals surface area contributed by atoms with Gasteiger partial charge in [-0.3, -0.25) is 0 Å². The minimum atomic E-state index is 0.0880. The van der Waals surface area contributed by atoms with Crippen molar-refractivity contribution in [2.75, 3.05) is 0 Å². The first-order valence-corrected chi connectivity index (χ1v) is 15.2. The number of aryl methyl sites for hydroxylation is 4. The summed E-state index contributed by atoms with van der Waals surface area (Å²) < 4.78 is 0. The Balaban J connectivity index is 0.000000294. The van der Waals surface area contributed by atoms with Gasteiger partial charge in [0, 0.05) is 11.6 Å². The molecule has 8 N–H and O–H groups in total. The van der Waals surface area contributed by atoms with Crippen molar-refractivity contribution in [3.63, 3.8) is 0 Å². The lowest BCUT2D eigenvalue weighted by molar-refractivity contribution is 0.443. The van der Waals surface area contributed by atoms with Crippen LogP contribution in [0.1, 0.15) is 27.8 Å². The number of hydrogen-bond acceptors (Lipinski definition) is 8. The van der Waals surface area contributed by atoms with E-state index in [2.05, 4.69) is 0 Å². The van der Waals surface area contributed by atoms with Crippen LogP contribution < -0.4 is 0 Å². The summed E-state index contributed by atoms with van der Waals surface area (Å²) in [5.74, 6) is 1.84. The Kier molecular flexibility index (Phi) is 18.5. The Morgan fingerprint density at radius 3 is 1.04 bits per heavy atom. The molecule has 0 radical (unpaired) electrons. The van der Waals surface area contributed by atoms with Crippen molar-refractivity contribution >= 4 is 0 Å². The van der Waals surface area contributed by atoms with Crippen LogP contribution in [0.5, 0.6) is 46.0 Å². The number of phenolic OH excluding ortho intramolecular Hbond substituents is 8. The molecule has 0 spiro atoms. The van der Waals surface area contributed by atoms with Gasteiger partial charge < -0.3 is 40.9 Å². The molecule has 0 fully saturated rings. The van der Waals surface area contributed by atoms with E-state index in [1.807, 2.05) is 76.2 Å². The first-order chi connectivity index (χ1) is 23.2. The van der Waals surface area contributed by atoms with Gasteiger partial charge in [-0.2, -0.15) is 0 Å². The lowest BCUT2D eigenvalue weighted by Crippen LogP contribution is -1.75. The lowest BCUT2D eigenvalue weighted by atomic mass is 10.1. The fourth-order valence-corrected chi connectivity index (χ4v) is 3.45. The first-order valence-electron chi connectivity index (χ1n) is 15.2. The van der Waals surface area contributed by atoms with Gasteiger partial charge in [0.1, 0.15) is 46.0 Å². The molecule has 0 amide bonds. The Hall–Kier alpha value is -6.28. The standard InChI is InChI=1S/C8H10O.C7H8O2.2C7H8O.C6H6O2.C6H6O/c1-6-3-4-8(9)7(2)5-6;1-5-6(8)3-2-4-7(5)9;1-6-2-4-7(8)5-3-6;1-6-4-2-3-5-7(6)8;7-5-2-1-3-6(8)4-5;7-6-4-2-1-3-5-6/h3-5,9H,1-2H3;2-4,8-9H,1H3;2*2-5,8H,1H3;1-4,7-8H;1-5,7H. The van der Waals surface area contributed by atoms with Gasteiger partial charge in [-0.15, -0.1) is 0 Å². The van der Waals surface area contributed by atoms with E-state index < -0.39 is 0 Å². The summed E-state index contributed by atoms with van der Waals surface area (Å²) >= 11 is 0. The van der Waals surface area contributed by atoms with E-state index in [0.717, 1.165) is 11.1 Å². The maximum atomic E-state index is 9.04. The average molecular weight is 667 g/mol. The van der Waals surface area contributed by atoms with Crippen molar-refractivity contribution in [1.29, 1.82) is 0 Å². The van der Waals surface area contributed by atoms with Gasteiger partial charge in [0.25, 0.3) is 0 Å². The molecule has 0 saturated carbocycles. The predicted octanol–water partition coefficient (Wildman–Crippen LogP) is 9.31. The van der Waals surface area contributed by atoms with Crippen LogP contribution in [-0.4, -0.2) is 40.9 Å². The summed E-state index contributed by atoms with van der Waals surface area (Å²) in [6.07, 6.45) is 0. The third-order valence-corrected chi connectivity index (χ3v) is 6.36. The summed E-state index contributed by atoms with van der Waals surface area (Å²) in [5, 5.41) is 70.5. The third kappa shape index (κ3) is 18.5. The normalized spacial score (nSPS) is 9.16. The van der Waals surface area contributed by atoms with Crippen LogP contribution in [0.2, 0.25) is 0 Å². The average Bonchev–Trinajstić information content (AvgIpc) is 3.06. The van der Waals surface area contributed by atoms with Gasteiger partial charge in [-0.1, -0.05) is 83.9 Å². The van der Waals surface area contributed by atoms with Crippen molar-refractivity contribution in [2.45, 2.75) is 34.6 Å². The molecule has 8 heteroatoms. The van der Waals surface area contributed by atoms with Crippen LogP contribution >= 0.6 is 0 Å². The lowest BCUT2D eigenvalue weighted by Gasteiger charge is -1.98. The van der Waals surface area contributed by atoms with E-state index in [1.165, 1.54) is 41.5 Å². The number of rotatable bonds is 0. The molecule has 8 nitrogen and oxygen atoms in total. The van der Waals surface area contributed by atoms with Crippen LogP contribution in [-0.2, 0) is 0 Å². The molecule has 0 aromatic heterocycles. The zero-order valence-electron chi connectivity index (χ0n) is 28.4. The highest BCUT2D eigenvalue weighted by Crippen LogP contribution is 2.24. The van der Waals surface area contributed by atoms with Gasteiger partial charge >= 0.3 is 0 Å². The van der Waals surface area contributed by atoms with E-state index in [0.29, 0.717) is 28.6 Å². The van der Waals surface area contributed by atoms with Gasteiger partial charge in [0.05, 0.1) is 0 Å². The van der Waals surface area contributed by atoms with Crippen LogP contribution in [0.25, 0.3) is 0 Å². The minimum Gasteiger partial charge on any atom is -0.508 e. The molecule has 0 aliphatic rings. The summed E-state index contributed by atoms with van der Waals surface area (Å²) in [6.45, 7) is 9.41. The monoisotopic (exact) mass is 666 g/mol. The molecule has 258 valence electrons. The minimum absolute atomic E-state index is 0.0880. The van der Waals surface area contributed by atoms with Crippen LogP contribution in [0, 0.1) is 34.6 Å². The number of hydrogen-bond donors (Lipinski definition) is 8. The van der Waals surface area contributed by atoms with Crippen LogP contribution in [0.3, 0.4) is 0 Å². The zero-order chi connectivity index (χ0) is 36.8. The van der Waals surface area contributed by atoms with Crippen molar-refractivity contribution in [3.05, 3.63) is 167 Å². The van der Waals surface area contributed by atoms with Gasteiger partial charge in [-0.25, -0.2) is 0 Å². The molecule has 6 aromatic rings. The number of benzene rings is 6. The Morgan fingerprint density at radius 2 is 0.694 bits per heavy atom.